The minimum atomic E-state index is -1.04. The Bertz CT molecular complexity index is 943. The zero-order valence-electron chi connectivity index (χ0n) is 13.8. The number of carbonyl (C=O) groups excluding carboxylic acids is 1. The number of para-hydroxylation sites is 1. The van der Waals surface area contributed by atoms with Crippen molar-refractivity contribution in [2.24, 2.45) is 0 Å². The number of aromatic carboxylic acids is 1. The van der Waals surface area contributed by atoms with Gasteiger partial charge in [-0.2, -0.15) is 4.68 Å². The molecule has 0 fully saturated rings. The topological polar surface area (TPSA) is 110 Å². The van der Waals surface area contributed by atoms with Gasteiger partial charge in [-0.05, 0) is 47.2 Å². The first-order valence-corrected chi connectivity index (χ1v) is 8.63. The summed E-state index contributed by atoms with van der Waals surface area (Å²) in [5.74, 6) is -1.23. The number of nitrogens with zero attached hydrogens (tertiary/aromatic N) is 4. The molecule has 0 aliphatic carbocycles. The van der Waals surface area contributed by atoms with Crippen molar-refractivity contribution in [2.45, 2.75) is 12.1 Å². The Morgan fingerprint density at radius 3 is 2.69 bits per heavy atom. The second-order valence-electron chi connectivity index (χ2n) is 5.38. The van der Waals surface area contributed by atoms with E-state index >= 15 is 0 Å². The van der Waals surface area contributed by atoms with Gasteiger partial charge in [-0.3, -0.25) is 4.79 Å². The minimum Gasteiger partial charge on any atom is -0.478 e. The number of thioether (sulfide) groups is 1. The highest BCUT2D eigenvalue weighted by atomic mass is 32.2. The molecule has 0 radical (unpaired) electrons. The molecular weight excluding hydrogens is 354 g/mol. The Balaban J connectivity index is 1.67. The van der Waals surface area contributed by atoms with Crippen LogP contribution in [0.5, 0.6) is 0 Å². The van der Waals surface area contributed by atoms with Crippen LogP contribution >= 0.6 is 11.8 Å². The number of benzene rings is 2. The number of hydrogen-bond donors (Lipinski definition) is 2. The van der Waals surface area contributed by atoms with E-state index in [1.165, 1.54) is 23.9 Å². The summed E-state index contributed by atoms with van der Waals surface area (Å²) in [5, 5.41) is 23.8. The van der Waals surface area contributed by atoms with Gasteiger partial charge in [0.25, 0.3) is 0 Å². The number of aromatic nitrogens is 4. The molecule has 1 amide bonds. The first-order chi connectivity index (χ1) is 12.5. The van der Waals surface area contributed by atoms with E-state index in [2.05, 4.69) is 20.8 Å². The monoisotopic (exact) mass is 369 g/mol. The van der Waals surface area contributed by atoms with Crippen molar-refractivity contribution in [3.05, 3.63) is 59.7 Å². The lowest BCUT2D eigenvalue weighted by Crippen LogP contribution is -2.16. The average molecular weight is 369 g/mol. The maximum Gasteiger partial charge on any atom is 0.335 e. The van der Waals surface area contributed by atoms with Gasteiger partial charge in [-0.15, -0.1) is 5.10 Å². The molecule has 2 aromatic carbocycles. The third kappa shape index (κ3) is 4.06. The molecule has 0 saturated carbocycles. The van der Waals surface area contributed by atoms with E-state index in [0.29, 0.717) is 10.8 Å². The number of anilines is 1. The van der Waals surface area contributed by atoms with Crippen molar-refractivity contribution < 1.29 is 14.7 Å². The third-order valence-electron chi connectivity index (χ3n) is 3.53. The molecule has 1 heterocycles. The van der Waals surface area contributed by atoms with Crippen LogP contribution in [0.4, 0.5) is 5.69 Å². The lowest BCUT2D eigenvalue weighted by Gasteiger charge is -2.09. The first-order valence-electron chi connectivity index (χ1n) is 7.65. The number of hydrogen-bond acceptors (Lipinski definition) is 6. The van der Waals surface area contributed by atoms with E-state index in [1.807, 2.05) is 30.3 Å². The van der Waals surface area contributed by atoms with Crippen LogP contribution in [0.1, 0.15) is 15.9 Å². The number of rotatable bonds is 6. The molecule has 3 rings (SSSR count). The van der Waals surface area contributed by atoms with Gasteiger partial charge in [0.2, 0.25) is 11.1 Å². The summed E-state index contributed by atoms with van der Waals surface area (Å²) in [7, 11) is 0. The van der Waals surface area contributed by atoms with E-state index in [1.54, 1.807) is 17.7 Å². The lowest BCUT2D eigenvalue weighted by molar-refractivity contribution is -0.113. The zero-order chi connectivity index (χ0) is 18.5. The Morgan fingerprint density at radius 1 is 1.19 bits per heavy atom. The van der Waals surface area contributed by atoms with Gasteiger partial charge in [0, 0.05) is 5.69 Å². The quantitative estimate of drug-likeness (QED) is 0.642. The van der Waals surface area contributed by atoms with Crippen LogP contribution in [0.2, 0.25) is 0 Å². The highest BCUT2D eigenvalue weighted by Crippen LogP contribution is 2.20. The molecule has 9 heteroatoms. The predicted octanol–water partition coefficient (Wildman–Crippen LogP) is 2.40. The number of tetrazole rings is 1. The van der Waals surface area contributed by atoms with Crippen LogP contribution in [0.25, 0.3) is 5.69 Å². The van der Waals surface area contributed by atoms with Gasteiger partial charge in [-0.1, -0.05) is 36.0 Å². The van der Waals surface area contributed by atoms with Gasteiger partial charge in [0.05, 0.1) is 17.0 Å². The van der Waals surface area contributed by atoms with Crippen molar-refractivity contribution >= 4 is 29.3 Å². The fraction of sp³-hybridized carbons (Fsp3) is 0.118. The van der Waals surface area contributed by atoms with Crippen molar-refractivity contribution in [1.82, 2.24) is 20.2 Å². The zero-order valence-corrected chi connectivity index (χ0v) is 14.6. The molecule has 2 N–H and O–H groups in total. The van der Waals surface area contributed by atoms with E-state index in [9.17, 15) is 9.59 Å². The van der Waals surface area contributed by atoms with Gasteiger partial charge in [-0.25, -0.2) is 4.79 Å². The van der Waals surface area contributed by atoms with Gasteiger partial charge < -0.3 is 10.4 Å². The molecule has 3 aromatic rings. The molecule has 0 atom stereocenters. The molecule has 0 unspecified atom stereocenters. The van der Waals surface area contributed by atoms with Crippen LogP contribution < -0.4 is 5.32 Å². The highest BCUT2D eigenvalue weighted by molar-refractivity contribution is 7.99. The van der Waals surface area contributed by atoms with E-state index in [0.717, 1.165) is 11.3 Å². The van der Waals surface area contributed by atoms with Crippen molar-refractivity contribution in [2.75, 3.05) is 11.1 Å². The van der Waals surface area contributed by atoms with Crippen LogP contribution in [-0.2, 0) is 4.79 Å². The number of carboxylic acid groups (broad SMARTS) is 1. The van der Waals surface area contributed by atoms with Crippen LogP contribution in [-0.4, -0.2) is 42.9 Å². The Morgan fingerprint density at radius 2 is 1.96 bits per heavy atom. The van der Waals surface area contributed by atoms with Gasteiger partial charge in [0.1, 0.15) is 0 Å². The molecule has 26 heavy (non-hydrogen) atoms. The standard InChI is InChI=1S/C17H15N5O3S/c1-11-7-8-12(16(24)25)9-14(11)18-15(23)10-26-17-19-20-21-22(17)13-5-3-2-4-6-13/h2-9H,10H2,1H3,(H,18,23)(H,24,25). The molecule has 0 aliphatic rings. The Hall–Kier alpha value is -3.20. The van der Waals surface area contributed by atoms with E-state index in [-0.39, 0.29) is 17.2 Å². The summed E-state index contributed by atoms with van der Waals surface area (Å²) in [4.78, 5) is 23.3. The maximum absolute atomic E-state index is 12.2. The predicted molar refractivity (Wildman–Crippen MR) is 96.6 cm³/mol. The molecule has 0 bridgehead atoms. The molecule has 0 saturated heterocycles. The van der Waals surface area contributed by atoms with Crippen LogP contribution in [0, 0.1) is 6.92 Å². The largest absolute Gasteiger partial charge is 0.478 e. The Kier molecular flexibility index (Phi) is 5.28. The maximum atomic E-state index is 12.2. The summed E-state index contributed by atoms with van der Waals surface area (Å²) >= 11 is 1.19. The number of carbonyl (C=O) groups is 2. The summed E-state index contributed by atoms with van der Waals surface area (Å²) in [6.07, 6.45) is 0. The van der Waals surface area contributed by atoms with Crippen LogP contribution in [0.15, 0.2) is 53.7 Å². The van der Waals surface area contributed by atoms with E-state index < -0.39 is 5.97 Å². The average Bonchev–Trinajstić information content (AvgIpc) is 3.11. The summed E-state index contributed by atoms with van der Waals surface area (Å²) < 4.78 is 1.55. The second kappa shape index (κ2) is 7.79. The second-order valence-corrected chi connectivity index (χ2v) is 6.32. The first kappa shape index (κ1) is 17.6. The fourth-order valence-electron chi connectivity index (χ4n) is 2.21. The number of carboxylic acids is 1. The fourth-order valence-corrected chi connectivity index (χ4v) is 2.90. The van der Waals surface area contributed by atoms with Gasteiger partial charge in [0.15, 0.2) is 0 Å². The summed E-state index contributed by atoms with van der Waals surface area (Å²) in [5.41, 5.74) is 2.16. The molecule has 132 valence electrons. The number of amides is 1. The molecular formula is C17H15N5O3S. The summed E-state index contributed by atoms with van der Waals surface area (Å²) in [6, 6.07) is 13.9. The highest BCUT2D eigenvalue weighted by Gasteiger charge is 2.13. The van der Waals surface area contributed by atoms with Crippen LogP contribution in [0.3, 0.4) is 0 Å². The number of nitrogens with one attached hydrogen (secondary N) is 1. The summed E-state index contributed by atoms with van der Waals surface area (Å²) in [6.45, 7) is 1.80. The third-order valence-corrected chi connectivity index (χ3v) is 4.45. The van der Waals surface area contributed by atoms with E-state index in [4.69, 9.17) is 5.11 Å². The van der Waals surface area contributed by atoms with Crippen molar-refractivity contribution in [1.29, 1.82) is 0 Å². The lowest BCUT2D eigenvalue weighted by atomic mass is 10.1. The molecule has 0 spiro atoms. The van der Waals surface area contributed by atoms with Crippen molar-refractivity contribution in [3.8, 4) is 5.69 Å². The van der Waals surface area contributed by atoms with Gasteiger partial charge >= 0.3 is 5.97 Å². The van der Waals surface area contributed by atoms with Crippen molar-refractivity contribution in [3.63, 3.8) is 0 Å². The smallest absolute Gasteiger partial charge is 0.335 e. The normalized spacial score (nSPS) is 10.5. The molecule has 0 aliphatic heterocycles. The Labute approximate surface area is 153 Å². The molecule has 8 nitrogen and oxygen atoms in total. The SMILES string of the molecule is Cc1ccc(C(=O)O)cc1NC(=O)CSc1nnnn1-c1ccccc1. The number of aryl methyl sites for hydroxylation is 1. The molecule has 1 aromatic heterocycles. The minimum absolute atomic E-state index is 0.0872.